The minimum Gasteiger partial charge on any atom is -0.493 e. The van der Waals surface area contributed by atoms with Crippen molar-refractivity contribution in [3.63, 3.8) is 0 Å². The van der Waals surface area contributed by atoms with Gasteiger partial charge in [-0.25, -0.2) is 4.79 Å². The first kappa shape index (κ1) is 19.3. The molecule has 1 aromatic rings. The number of esters is 1. The van der Waals surface area contributed by atoms with Gasteiger partial charge in [-0.3, -0.25) is 4.79 Å². The number of methoxy groups -OCH3 is 1. The third-order valence-corrected chi connectivity index (χ3v) is 4.92. The maximum absolute atomic E-state index is 12.5. The van der Waals surface area contributed by atoms with Gasteiger partial charge in [-0.05, 0) is 31.9 Å². The van der Waals surface area contributed by atoms with Gasteiger partial charge < -0.3 is 24.3 Å². The number of carbonyl (C=O) groups is 2. The van der Waals surface area contributed by atoms with E-state index in [9.17, 15) is 9.59 Å². The van der Waals surface area contributed by atoms with Crippen LogP contribution in [0.4, 0.5) is 0 Å². The summed E-state index contributed by atoms with van der Waals surface area (Å²) >= 11 is 0. The van der Waals surface area contributed by atoms with Crippen molar-refractivity contribution in [2.45, 2.75) is 57.6 Å². The number of ether oxygens (including phenoxy) is 4. The molecule has 0 spiro atoms. The van der Waals surface area contributed by atoms with E-state index in [1.807, 2.05) is 0 Å². The van der Waals surface area contributed by atoms with Crippen LogP contribution in [0, 0.1) is 0 Å². The molecule has 2 aliphatic rings. The van der Waals surface area contributed by atoms with Gasteiger partial charge in [0.2, 0.25) is 5.75 Å². The Hall–Kier alpha value is -2.44. The van der Waals surface area contributed by atoms with E-state index in [-0.39, 0.29) is 17.5 Å². The standard InChI is InChI=1S/C20H27NO6/c1-13(19(22)21-15-7-5-3-4-6-8-15)27-20(23)14-11-16(24-2)18-17(12-14)25-9-10-26-18/h11-13,15H,3-10H2,1-2H3,(H,21,22)/t13-/m0/s1. The minimum absolute atomic E-state index is 0.163. The Bertz CT molecular complexity index is 664. The van der Waals surface area contributed by atoms with Crippen LogP contribution in [0.3, 0.4) is 0 Å². The average molecular weight is 377 g/mol. The highest BCUT2D eigenvalue weighted by Crippen LogP contribution is 2.40. The van der Waals surface area contributed by atoms with Gasteiger partial charge in [-0.1, -0.05) is 25.7 Å². The van der Waals surface area contributed by atoms with Gasteiger partial charge in [0, 0.05) is 6.04 Å². The lowest BCUT2D eigenvalue weighted by atomic mass is 10.1. The van der Waals surface area contributed by atoms with E-state index in [1.165, 1.54) is 26.0 Å². The lowest BCUT2D eigenvalue weighted by Crippen LogP contribution is -2.41. The zero-order valence-electron chi connectivity index (χ0n) is 15.9. The number of carbonyl (C=O) groups excluding carboxylic acids is 2. The van der Waals surface area contributed by atoms with Crippen molar-refractivity contribution in [3.05, 3.63) is 17.7 Å². The lowest BCUT2D eigenvalue weighted by molar-refractivity contribution is -0.129. The molecular weight excluding hydrogens is 350 g/mol. The summed E-state index contributed by atoms with van der Waals surface area (Å²) in [5.74, 6) is 0.436. The van der Waals surface area contributed by atoms with Gasteiger partial charge >= 0.3 is 5.97 Å². The Morgan fingerprint density at radius 3 is 2.52 bits per heavy atom. The van der Waals surface area contributed by atoms with Crippen LogP contribution in [0.15, 0.2) is 12.1 Å². The topological polar surface area (TPSA) is 83.1 Å². The van der Waals surface area contributed by atoms with Crippen LogP contribution in [0.25, 0.3) is 0 Å². The van der Waals surface area contributed by atoms with Crippen LogP contribution in [0.5, 0.6) is 17.2 Å². The normalized spacial score (nSPS) is 18.1. The molecule has 0 radical (unpaired) electrons. The Morgan fingerprint density at radius 1 is 1.11 bits per heavy atom. The molecule has 7 nitrogen and oxygen atoms in total. The molecule has 1 atom stereocenters. The highest BCUT2D eigenvalue weighted by Gasteiger charge is 2.25. The van der Waals surface area contributed by atoms with Crippen molar-refractivity contribution in [1.82, 2.24) is 5.32 Å². The second-order valence-corrected chi connectivity index (χ2v) is 6.95. The van der Waals surface area contributed by atoms with E-state index in [4.69, 9.17) is 18.9 Å². The molecule has 27 heavy (non-hydrogen) atoms. The fourth-order valence-corrected chi connectivity index (χ4v) is 3.42. The van der Waals surface area contributed by atoms with E-state index in [2.05, 4.69) is 5.32 Å². The molecular formula is C20H27NO6. The van der Waals surface area contributed by atoms with Gasteiger partial charge in [-0.2, -0.15) is 0 Å². The fraction of sp³-hybridized carbons (Fsp3) is 0.600. The zero-order chi connectivity index (χ0) is 19.2. The number of rotatable bonds is 5. The highest BCUT2D eigenvalue weighted by molar-refractivity contribution is 5.93. The van der Waals surface area contributed by atoms with Crippen molar-refractivity contribution >= 4 is 11.9 Å². The molecule has 1 amide bonds. The number of nitrogens with one attached hydrogen (secondary N) is 1. The van der Waals surface area contributed by atoms with Crippen LogP contribution in [-0.4, -0.2) is 44.3 Å². The van der Waals surface area contributed by atoms with Crippen LogP contribution in [0.2, 0.25) is 0 Å². The molecule has 7 heteroatoms. The maximum atomic E-state index is 12.5. The largest absolute Gasteiger partial charge is 0.493 e. The molecule has 1 heterocycles. The Morgan fingerprint density at radius 2 is 1.81 bits per heavy atom. The van der Waals surface area contributed by atoms with E-state index < -0.39 is 12.1 Å². The van der Waals surface area contributed by atoms with E-state index in [0.29, 0.717) is 30.5 Å². The van der Waals surface area contributed by atoms with E-state index in [1.54, 1.807) is 13.0 Å². The second-order valence-electron chi connectivity index (χ2n) is 6.95. The third kappa shape index (κ3) is 4.84. The fourth-order valence-electron chi connectivity index (χ4n) is 3.42. The summed E-state index contributed by atoms with van der Waals surface area (Å²) in [5.41, 5.74) is 0.255. The molecule has 1 N–H and O–H groups in total. The molecule has 0 bridgehead atoms. The first-order valence-electron chi connectivity index (χ1n) is 9.57. The van der Waals surface area contributed by atoms with E-state index in [0.717, 1.165) is 25.7 Å². The predicted molar refractivity (Wildman–Crippen MR) is 98.5 cm³/mol. The summed E-state index contributed by atoms with van der Waals surface area (Å²) in [4.78, 5) is 24.9. The SMILES string of the molecule is COc1cc(C(=O)O[C@@H](C)C(=O)NC2CCCCCC2)cc2c1OCCO2. The molecule has 3 rings (SSSR count). The van der Waals surface area contributed by atoms with Gasteiger partial charge in [0.25, 0.3) is 5.91 Å². The van der Waals surface area contributed by atoms with Crippen LogP contribution in [-0.2, 0) is 9.53 Å². The average Bonchev–Trinajstić information content (AvgIpc) is 2.95. The minimum atomic E-state index is -0.875. The monoisotopic (exact) mass is 377 g/mol. The van der Waals surface area contributed by atoms with Crippen LogP contribution in [0.1, 0.15) is 55.8 Å². The van der Waals surface area contributed by atoms with E-state index >= 15 is 0 Å². The number of amides is 1. The molecule has 0 saturated heterocycles. The zero-order valence-corrected chi connectivity index (χ0v) is 15.9. The molecule has 1 aliphatic carbocycles. The van der Waals surface area contributed by atoms with Crippen LogP contribution < -0.4 is 19.5 Å². The lowest BCUT2D eigenvalue weighted by Gasteiger charge is -2.22. The molecule has 0 aromatic heterocycles. The van der Waals surface area contributed by atoms with Crippen molar-refractivity contribution < 1.29 is 28.5 Å². The number of benzene rings is 1. The Labute approximate surface area is 159 Å². The van der Waals surface area contributed by atoms with Crippen molar-refractivity contribution in [2.24, 2.45) is 0 Å². The van der Waals surface area contributed by atoms with Gasteiger partial charge in [0.15, 0.2) is 17.6 Å². The predicted octanol–water partition coefficient (Wildman–Crippen LogP) is 2.85. The maximum Gasteiger partial charge on any atom is 0.339 e. The summed E-state index contributed by atoms with van der Waals surface area (Å²) in [6.07, 6.45) is 5.75. The summed E-state index contributed by atoms with van der Waals surface area (Å²) < 4.78 is 21.7. The van der Waals surface area contributed by atoms with Gasteiger partial charge in [0.1, 0.15) is 13.2 Å². The quantitative estimate of drug-likeness (QED) is 0.628. The molecule has 1 aliphatic heterocycles. The number of hydrogen-bond acceptors (Lipinski definition) is 6. The van der Waals surface area contributed by atoms with Crippen molar-refractivity contribution in [2.75, 3.05) is 20.3 Å². The summed E-state index contributed by atoms with van der Waals surface area (Å²) in [6.45, 7) is 2.40. The molecule has 1 fully saturated rings. The van der Waals surface area contributed by atoms with Crippen molar-refractivity contribution in [1.29, 1.82) is 0 Å². The smallest absolute Gasteiger partial charge is 0.339 e. The first-order chi connectivity index (χ1) is 13.1. The van der Waals surface area contributed by atoms with Crippen molar-refractivity contribution in [3.8, 4) is 17.2 Å². The van der Waals surface area contributed by atoms with Gasteiger partial charge in [0.05, 0.1) is 12.7 Å². The Balaban J connectivity index is 1.63. The summed E-state index contributed by atoms with van der Waals surface area (Å²) in [6, 6.07) is 3.25. The molecule has 1 aromatic carbocycles. The van der Waals surface area contributed by atoms with Gasteiger partial charge in [-0.15, -0.1) is 0 Å². The highest BCUT2D eigenvalue weighted by atomic mass is 16.6. The molecule has 148 valence electrons. The second kappa shape index (κ2) is 8.97. The summed E-state index contributed by atoms with van der Waals surface area (Å²) in [7, 11) is 1.49. The first-order valence-corrected chi connectivity index (χ1v) is 9.57. The third-order valence-electron chi connectivity index (χ3n) is 4.92. The molecule has 1 saturated carbocycles. The number of fused-ring (bicyclic) bond motifs is 1. The Kier molecular flexibility index (Phi) is 6.42. The van der Waals surface area contributed by atoms with Crippen LogP contribution >= 0.6 is 0 Å². The number of hydrogen-bond donors (Lipinski definition) is 1. The molecule has 0 unspecified atom stereocenters. The summed E-state index contributed by atoms with van der Waals surface area (Å²) in [5, 5.41) is 3.00.